The van der Waals surface area contributed by atoms with Crippen molar-refractivity contribution in [1.29, 1.82) is 0 Å². The molecule has 2 nitrogen and oxygen atoms in total. The minimum Gasteiger partial charge on any atom is -0.356 e. The van der Waals surface area contributed by atoms with Gasteiger partial charge in [-0.25, -0.2) is 0 Å². The highest BCUT2D eigenvalue weighted by Gasteiger charge is 2.11. The van der Waals surface area contributed by atoms with Gasteiger partial charge in [-0.15, -0.1) is 0 Å². The highest BCUT2D eigenvalue weighted by molar-refractivity contribution is 6.09. The lowest BCUT2D eigenvalue weighted by Crippen LogP contribution is -1.95. The van der Waals surface area contributed by atoms with E-state index < -0.39 is 0 Å². The largest absolute Gasteiger partial charge is 0.356 e. The summed E-state index contributed by atoms with van der Waals surface area (Å²) in [4.78, 5) is 0. The van der Waals surface area contributed by atoms with Crippen LogP contribution in [0.15, 0.2) is 139 Å². The average molecular weight is 465 g/mol. The molecule has 1 aromatic heterocycles. The summed E-state index contributed by atoms with van der Waals surface area (Å²) < 4.78 is 37.3. The maximum absolute atomic E-state index is 8.80. The summed E-state index contributed by atoms with van der Waals surface area (Å²) in [6.07, 6.45) is 0. The van der Waals surface area contributed by atoms with Gasteiger partial charge in [0.2, 0.25) is 0 Å². The van der Waals surface area contributed by atoms with Crippen molar-refractivity contribution in [3.63, 3.8) is 0 Å². The van der Waals surface area contributed by atoms with Crippen LogP contribution in [0.1, 0.15) is 5.48 Å². The molecule has 0 spiro atoms. The Labute approximate surface area is 215 Å². The fraction of sp³-hybridized carbons (Fsp3) is 0. The zero-order chi connectivity index (χ0) is 27.4. The fourth-order valence-corrected chi connectivity index (χ4v) is 4.99. The third-order valence-electron chi connectivity index (χ3n) is 6.66. The van der Waals surface area contributed by atoms with E-state index in [1.54, 1.807) is 0 Å². The summed E-state index contributed by atoms with van der Waals surface area (Å²) >= 11 is 0. The maximum atomic E-state index is 8.80. The van der Waals surface area contributed by atoms with Crippen LogP contribution in [0, 0.1) is 0 Å². The molecule has 0 amide bonds. The number of hydrogen-bond donors (Lipinski definition) is 1. The second-order valence-corrected chi connectivity index (χ2v) is 8.82. The van der Waals surface area contributed by atoms with Crippen molar-refractivity contribution >= 4 is 44.0 Å². The molecule has 0 unspecified atom stereocenters. The number of hydrogen-bond acceptors (Lipinski definition) is 1. The van der Waals surface area contributed by atoms with Crippen LogP contribution in [-0.2, 0) is 0 Å². The number of nitrogens with one attached hydrogen (secondary N) is 1. The molecule has 7 aromatic rings. The zero-order valence-electron chi connectivity index (χ0n) is 23.4. The monoisotopic (exact) mass is 464 g/mol. The second kappa shape index (κ2) is 8.44. The van der Waals surface area contributed by atoms with Crippen LogP contribution in [0.4, 0.5) is 11.4 Å². The molecule has 2 heteroatoms. The molecule has 1 N–H and O–H groups in total. The summed E-state index contributed by atoms with van der Waals surface area (Å²) in [6.45, 7) is 0. The number of rotatable bonds is 4. The molecule has 0 aliphatic heterocycles. The van der Waals surface area contributed by atoms with E-state index in [2.05, 4.69) is 46.3 Å². The van der Waals surface area contributed by atoms with Gasteiger partial charge in [0, 0.05) is 27.8 Å². The van der Waals surface area contributed by atoms with Gasteiger partial charge in [-0.1, -0.05) is 90.9 Å². The highest BCUT2D eigenvalue weighted by atomic mass is 15.0. The van der Waals surface area contributed by atoms with E-state index in [1.165, 1.54) is 10.8 Å². The summed E-state index contributed by atoms with van der Waals surface area (Å²) in [5, 5.41) is 7.42. The number of fused-ring (bicyclic) bond motifs is 4. The van der Waals surface area contributed by atoms with Crippen LogP contribution in [0.25, 0.3) is 49.4 Å². The third-order valence-corrected chi connectivity index (χ3v) is 6.66. The van der Waals surface area contributed by atoms with E-state index >= 15 is 0 Å². The molecule has 0 aliphatic carbocycles. The quantitative estimate of drug-likeness (QED) is 0.274. The summed E-state index contributed by atoms with van der Waals surface area (Å²) in [6, 6.07) is 37.7. The number of aromatic nitrogens is 1. The van der Waals surface area contributed by atoms with Gasteiger partial charge in [0.25, 0.3) is 0 Å². The van der Waals surface area contributed by atoms with Gasteiger partial charge in [-0.05, 0) is 70.4 Å². The molecule has 0 saturated carbocycles. The van der Waals surface area contributed by atoms with Crippen molar-refractivity contribution in [2.24, 2.45) is 0 Å². The summed E-state index contributed by atoms with van der Waals surface area (Å²) in [5.74, 6) is 0. The first-order chi connectivity index (χ1) is 19.5. The van der Waals surface area contributed by atoms with E-state index in [4.69, 9.17) is 5.48 Å². The first-order valence-corrected chi connectivity index (χ1v) is 12.0. The Balaban J connectivity index is 1.29. The molecule has 0 atom stereocenters. The van der Waals surface area contributed by atoms with Crippen LogP contribution in [0.3, 0.4) is 0 Å². The lowest BCUT2D eigenvalue weighted by Gasteiger charge is -2.12. The van der Waals surface area contributed by atoms with E-state index in [-0.39, 0.29) is 29.9 Å². The molecule has 36 heavy (non-hydrogen) atoms. The Morgan fingerprint density at radius 1 is 0.500 bits per heavy atom. The maximum Gasteiger partial charge on any atom is 0.0645 e. The van der Waals surface area contributed by atoms with Gasteiger partial charge in [-0.2, -0.15) is 0 Å². The Bertz CT molecular complexity index is 1990. The SMILES string of the molecule is [2H]c1c([2H])c(-c2cccc3ccccc23)c([2H])c([2H])c1Nc1ccc(-n2c3ccccc3c3ccccc32)cc1. The first-order valence-electron chi connectivity index (χ1n) is 14.0. The molecule has 1 heterocycles. The zero-order valence-corrected chi connectivity index (χ0v) is 19.4. The van der Waals surface area contributed by atoms with Crippen molar-refractivity contribution in [1.82, 2.24) is 4.57 Å². The predicted octanol–water partition coefficient (Wildman–Crippen LogP) is 9.35. The van der Waals surface area contributed by atoms with Crippen LogP contribution in [-0.4, -0.2) is 4.57 Å². The van der Waals surface area contributed by atoms with E-state index in [0.29, 0.717) is 16.8 Å². The predicted molar refractivity (Wildman–Crippen MR) is 153 cm³/mol. The Morgan fingerprint density at radius 3 is 1.78 bits per heavy atom. The number of para-hydroxylation sites is 2. The molecule has 0 radical (unpaired) electrons. The topological polar surface area (TPSA) is 17.0 Å². The van der Waals surface area contributed by atoms with E-state index in [9.17, 15) is 0 Å². The van der Waals surface area contributed by atoms with Crippen molar-refractivity contribution in [2.75, 3.05) is 5.32 Å². The van der Waals surface area contributed by atoms with Crippen LogP contribution in [0.5, 0.6) is 0 Å². The number of anilines is 2. The Kier molecular flexibility index (Phi) is 3.93. The van der Waals surface area contributed by atoms with Gasteiger partial charge in [0.15, 0.2) is 0 Å². The minimum absolute atomic E-state index is 0.0678. The van der Waals surface area contributed by atoms with E-state index in [0.717, 1.165) is 27.5 Å². The van der Waals surface area contributed by atoms with Gasteiger partial charge < -0.3 is 9.88 Å². The minimum atomic E-state index is -0.101. The number of nitrogens with zero attached hydrogens (tertiary/aromatic N) is 1. The Morgan fingerprint density at radius 2 is 1.08 bits per heavy atom. The van der Waals surface area contributed by atoms with Crippen LogP contribution in [0.2, 0.25) is 0 Å². The van der Waals surface area contributed by atoms with Crippen molar-refractivity contribution in [3.8, 4) is 16.8 Å². The smallest absolute Gasteiger partial charge is 0.0645 e. The highest BCUT2D eigenvalue weighted by Crippen LogP contribution is 2.33. The first kappa shape index (κ1) is 16.7. The van der Waals surface area contributed by atoms with Crippen molar-refractivity contribution in [2.45, 2.75) is 0 Å². The summed E-state index contributed by atoms with van der Waals surface area (Å²) in [5.41, 5.74) is 5.07. The van der Waals surface area contributed by atoms with Gasteiger partial charge in [0.05, 0.1) is 16.5 Å². The van der Waals surface area contributed by atoms with Gasteiger partial charge in [0.1, 0.15) is 0 Å². The molecule has 6 aromatic carbocycles. The van der Waals surface area contributed by atoms with Gasteiger partial charge >= 0.3 is 0 Å². The molecule has 170 valence electrons. The van der Waals surface area contributed by atoms with Crippen LogP contribution < -0.4 is 5.32 Å². The molecular formula is C34H24N2. The normalized spacial score (nSPS) is 12.9. The van der Waals surface area contributed by atoms with Gasteiger partial charge in [-0.3, -0.25) is 0 Å². The molecule has 0 bridgehead atoms. The Hall–Kier alpha value is -4.82. The standard InChI is InChI=1S/C34H24N2/c1-2-10-29-24(8-1)9-7-13-30(29)25-16-18-26(19-17-25)35-27-20-22-28(23-21-27)36-33-14-5-3-11-31(33)32-12-4-6-15-34(32)36/h1-23,35H/i16D,17D,18D,19D. The molecule has 7 rings (SSSR count). The molecular weight excluding hydrogens is 436 g/mol. The molecule has 0 saturated heterocycles. The average Bonchev–Trinajstić information content (AvgIpc) is 3.33. The lowest BCUT2D eigenvalue weighted by atomic mass is 9.98. The number of benzene rings is 6. The lowest BCUT2D eigenvalue weighted by molar-refractivity contribution is 1.18. The van der Waals surface area contributed by atoms with Crippen LogP contribution >= 0.6 is 0 Å². The molecule has 0 aliphatic rings. The fourth-order valence-electron chi connectivity index (χ4n) is 4.99. The molecule has 0 fully saturated rings. The third kappa shape index (κ3) is 3.43. The van der Waals surface area contributed by atoms with Crippen molar-refractivity contribution in [3.05, 3.63) is 139 Å². The van der Waals surface area contributed by atoms with Crippen molar-refractivity contribution < 1.29 is 5.48 Å². The summed E-state index contributed by atoms with van der Waals surface area (Å²) in [7, 11) is 0. The second-order valence-electron chi connectivity index (χ2n) is 8.82. The van der Waals surface area contributed by atoms with E-state index in [1.807, 2.05) is 78.9 Å².